The molecule has 3 nitrogen and oxygen atoms in total. The first-order valence-corrected chi connectivity index (χ1v) is 6.55. The molecule has 0 saturated heterocycles. The van der Waals surface area contributed by atoms with Crippen LogP contribution in [0.5, 0.6) is 0 Å². The number of carbonyl (C=O) groups is 1. The third-order valence-electron chi connectivity index (χ3n) is 3.08. The molecular weight excluding hydrogens is 245 g/mol. The van der Waals surface area contributed by atoms with Crippen LogP contribution in [0.25, 0.3) is 0 Å². The molecule has 4 heteroatoms. The maximum atomic E-state index is 13.4. The van der Waals surface area contributed by atoms with Crippen LogP contribution in [0.3, 0.4) is 0 Å². The normalized spacial score (nSPS) is 11.4. The van der Waals surface area contributed by atoms with Crippen molar-refractivity contribution in [3.8, 4) is 0 Å². The van der Waals surface area contributed by atoms with Crippen LogP contribution in [-0.2, 0) is 11.2 Å². The highest BCUT2D eigenvalue weighted by Gasteiger charge is 2.18. The second-order valence-corrected chi connectivity index (χ2v) is 5.54. The van der Waals surface area contributed by atoms with Crippen molar-refractivity contribution in [2.45, 2.75) is 33.1 Å². The molecule has 2 N–H and O–H groups in total. The van der Waals surface area contributed by atoms with Crippen molar-refractivity contribution in [1.29, 1.82) is 0 Å². The SMILES string of the molecule is CC(C)(CCCO)CNC(=O)Cc1ccccc1F. The van der Waals surface area contributed by atoms with Gasteiger partial charge in [0.15, 0.2) is 0 Å². The molecule has 0 aromatic heterocycles. The van der Waals surface area contributed by atoms with Crippen LogP contribution in [0.15, 0.2) is 24.3 Å². The van der Waals surface area contributed by atoms with Crippen LogP contribution in [0.4, 0.5) is 4.39 Å². The minimum atomic E-state index is -0.350. The molecule has 0 aliphatic rings. The number of amides is 1. The van der Waals surface area contributed by atoms with Gasteiger partial charge in [0.25, 0.3) is 0 Å². The van der Waals surface area contributed by atoms with Crippen molar-refractivity contribution in [3.05, 3.63) is 35.6 Å². The summed E-state index contributed by atoms with van der Waals surface area (Å²) in [7, 11) is 0. The number of hydrogen-bond donors (Lipinski definition) is 2. The van der Waals surface area contributed by atoms with E-state index in [1.807, 2.05) is 13.8 Å². The fraction of sp³-hybridized carbons (Fsp3) is 0.533. The standard InChI is InChI=1S/C15H22FNO2/c1-15(2,8-5-9-18)11-17-14(19)10-12-6-3-4-7-13(12)16/h3-4,6-7,18H,5,8-11H2,1-2H3,(H,17,19). The van der Waals surface area contributed by atoms with Gasteiger partial charge in [0.2, 0.25) is 5.91 Å². The summed E-state index contributed by atoms with van der Waals surface area (Å²) in [5.74, 6) is -0.528. The van der Waals surface area contributed by atoms with Crippen LogP contribution in [0.2, 0.25) is 0 Å². The summed E-state index contributed by atoms with van der Waals surface area (Å²) in [5.41, 5.74) is 0.348. The van der Waals surface area contributed by atoms with Crippen LogP contribution in [0.1, 0.15) is 32.3 Å². The second-order valence-electron chi connectivity index (χ2n) is 5.54. The van der Waals surface area contributed by atoms with Crippen molar-refractivity contribution in [2.24, 2.45) is 5.41 Å². The number of halogens is 1. The minimum Gasteiger partial charge on any atom is -0.396 e. The molecule has 0 saturated carbocycles. The monoisotopic (exact) mass is 267 g/mol. The van der Waals surface area contributed by atoms with Gasteiger partial charge in [0.05, 0.1) is 6.42 Å². The van der Waals surface area contributed by atoms with Crippen molar-refractivity contribution < 1.29 is 14.3 Å². The fourth-order valence-electron chi connectivity index (χ4n) is 1.86. The molecule has 0 fully saturated rings. The Bertz CT molecular complexity index is 418. The molecule has 1 aromatic carbocycles. The van der Waals surface area contributed by atoms with E-state index in [0.29, 0.717) is 12.1 Å². The molecule has 1 amide bonds. The van der Waals surface area contributed by atoms with E-state index in [0.717, 1.165) is 12.8 Å². The van der Waals surface area contributed by atoms with E-state index in [4.69, 9.17) is 5.11 Å². The van der Waals surface area contributed by atoms with Crippen LogP contribution in [-0.4, -0.2) is 24.2 Å². The number of aliphatic hydroxyl groups is 1. The maximum absolute atomic E-state index is 13.4. The Hall–Kier alpha value is -1.42. The molecule has 0 aliphatic heterocycles. The highest BCUT2D eigenvalue weighted by Crippen LogP contribution is 2.20. The molecule has 0 spiro atoms. The minimum absolute atomic E-state index is 0.0583. The lowest BCUT2D eigenvalue weighted by atomic mass is 9.88. The van der Waals surface area contributed by atoms with Gasteiger partial charge in [-0.05, 0) is 29.9 Å². The van der Waals surface area contributed by atoms with Gasteiger partial charge in [0, 0.05) is 13.2 Å². The molecule has 0 aliphatic carbocycles. The summed E-state index contributed by atoms with van der Waals surface area (Å²) >= 11 is 0. The molecule has 19 heavy (non-hydrogen) atoms. The van der Waals surface area contributed by atoms with Gasteiger partial charge in [-0.15, -0.1) is 0 Å². The van der Waals surface area contributed by atoms with Crippen LogP contribution in [0, 0.1) is 11.2 Å². The summed E-state index contributed by atoms with van der Waals surface area (Å²) in [4.78, 5) is 11.8. The second kappa shape index (κ2) is 7.24. The molecule has 0 unspecified atom stereocenters. The van der Waals surface area contributed by atoms with Crippen molar-refractivity contribution in [2.75, 3.05) is 13.2 Å². The zero-order valence-corrected chi connectivity index (χ0v) is 11.6. The molecule has 106 valence electrons. The zero-order chi connectivity index (χ0) is 14.3. The number of hydrogen-bond acceptors (Lipinski definition) is 2. The number of benzene rings is 1. The molecule has 0 atom stereocenters. The van der Waals surface area contributed by atoms with Crippen LogP contribution < -0.4 is 5.32 Å². The molecule has 0 radical (unpaired) electrons. The predicted molar refractivity (Wildman–Crippen MR) is 73.2 cm³/mol. The van der Waals surface area contributed by atoms with E-state index in [-0.39, 0.29) is 30.2 Å². The Morgan fingerprint density at radius 2 is 2.05 bits per heavy atom. The third-order valence-corrected chi connectivity index (χ3v) is 3.08. The molecule has 0 heterocycles. The molecule has 1 rings (SSSR count). The Morgan fingerprint density at radius 1 is 1.37 bits per heavy atom. The van der Waals surface area contributed by atoms with E-state index in [1.54, 1.807) is 18.2 Å². The highest BCUT2D eigenvalue weighted by atomic mass is 19.1. The van der Waals surface area contributed by atoms with E-state index in [2.05, 4.69) is 5.32 Å². The molecule has 0 bridgehead atoms. The van der Waals surface area contributed by atoms with Gasteiger partial charge in [-0.2, -0.15) is 0 Å². The number of nitrogens with one attached hydrogen (secondary N) is 1. The quantitative estimate of drug-likeness (QED) is 0.796. The number of carbonyl (C=O) groups excluding carboxylic acids is 1. The van der Waals surface area contributed by atoms with Gasteiger partial charge < -0.3 is 10.4 Å². The maximum Gasteiger partial charge on any atom is 0.224 e. The van der Waals surface area contributed by atoms with Gasteiger partial charge >= 0.3 is 0 Å². The number of aliphatic hydroxyl groups excluding tert-OH is 1. The van der Waals surface area contributed by atoms with Crippen molar-refractivity contribution in [3.63, 3.8) is 0 Å². The summed E-state index contributed by atoms with van der Waals surface area (Å²) in [6.45, 7) is 4.75. The van der Waals surface area contributed by atoms with Crippen molar-refractivity contribution in [1.82, 2.24) is 5.32 Å². The lowest BCUT2D eigenvalue weighted by Crippen LogP contribution is -2.35. The summed E-state index contributed by atoms with van der Waals surface area (Å²) in [5, 5.41) is 11.6. The Kier molecular flexibility index (Phi) is 5.96. The summed E-state index contributed by atoms with van der Waals surface area (Å²) in [6, 6.07) is 6.30. The summed E-state index contributed by atoms with van der Waals surface area (Å²) in [6.07, 6.45) is 1.61. The first-order valence-electron chi connectivity index (χ1n) is 6.55. The first kappa shape index (κ1) is 15.6. The smallest absolute Gasteiger partial charge is 0.224 e. The number of rotatable bonds is 7. The third kappa shape index (κ3) is 5.83. The average Bonchev–Trinajstić information content (AvgIpc) is 2.37. The summed E-state index contributed by atoms with van der Waals surface area (Å²) < 4.78 is 13.4. The topological polar surface area (TPSA) is 49.3 Å². The fourth-order valence-corrected chi connectivity index (χ4v) is 1.86. The van der Waals surface area contributed by atoms with E-state index in [1.165, 1.54) is 6.07 Å². The van der Waals surface area contributed by atoms with Crippen molar-refractivity contribution >= 4 is 5.91 Å². The lowest BCUT2D eigenvalue weighted by Gasteiger charge is -2.24. The Balaban J connectivity index is 2.42. The van der Waals surface area contributed by atoms with Crippen LogP contribution >= 0.6 is 0 Å². The van der Waals surface area contributed by atoms with E-state index in [9.17, 15) is 9.18 Å². The Morgan fingerprint density at radius 3 is 2.68 bits per heavy atom. The van der Waals surface area contributed by atoms with Gasteiger partial charge in [0.1, 0.15) is 5.82 Å². The van der Waals surface area contributed by atoms with Gasteiger partial charge in [-0.1, -0.05) is 32.0 Å². The predicted octanol–water partition coefficient (Wildman–Crippen LogP) is 2.28. The van der Waals surface area contributed by atoms with Gasteiger partial charge in [-0.25, -0.2) is 4.39 Å². The zero-order valence-electron chi connectivity index (χ0n) is 11.6. The largest absolute Gasteiger partial charge is 0.396 e. The molecular formula is C15H22FNO2. The average molecular weight is 267 g/mol. The van der Waals surface area contributed by atoms with E-state index < -0.39 is 0 Å². The highest BCUT2D eigenvalue weighted by molar-refractivity contribution is 5.78. The van der Waals surface area contributed by atoms with Gasteiger partial charge in [-0.3, -0.25) is 4.79 Å². The lowest BCUT2D eigenvalue weighted by molar-refractivity contribution is -0.120. The first-order chi connectivity index (χ1) is 8.94. The van der Waals surface area contributed by atoms with E-state index >= 15 is 0 Å². The Labute approximate surface area is 113 Å². The molecule has 1 aromatic rings.